The van der Waals surface area contributed by atoms with Crippen LogP contribution >= 0.6 is 0 Å². The number of carbonyl (C=O) groups is 1. The van der Waals surface area contributed by atoms with E-state index in [4.69, 9.17) is 5.73 Å². The Kier molecular flexibility index (Phi) is 5.66. The number of anilines is 1. The van der Waals surface area contributed by atoms with Crippen LogP contribution in [0.1, 0.15) is 49.9 Å². The molecule has 2 aromatic carbocycles. The number of amides is 1. The summed E-state index contributed by atoms with van der Waals surface area (Å²) in [4.78, 5) is 12.5. The van der Waals surface area contributed by atoms with Gasteiger partial charge in [-0.15, -0.1) is 0 Å². The van der Waals surface area contributed by atoms with Crippen LogP contribution in [-0.4, -0.2) is 5.91 Å². The molecule has 2 rings (SSSR count). The van der Waals surface area contributed by atoms with E-state index < -0.39 is 0 Å². The van der Waals surface area contributed by atoms with Crippen LogP contribution in [0, 0.1) is 12.3 Å². The molecule has 0 spiro atoms. The number of para-hydroxylation sites is 1. The first-order valence-electron chi connectivity index (χ1n) is 8.47. The number of aryl methyl sites for hydroxylation is 2. The molecule has 0 aromatic heterocycles. The van der Waals surface area contributed by atoms with Crippen molar-refractivity contribution in [3.8, 4) is 0 Å². The highest BCUT2D eigenvalue weighted by Crippen LogP contribution is 2.34. The SMILES string of the molecule is Cc1ccccc1C(NC(=O)CCc1ccccc1N)C(C)(C)C. The number of hydrogen-bond donors (Lipinski definition) is 2. The van der Waals surface area contributed by atoms with Crippen molar-refractivity contribution >= 4 is 11.6 Å². The highest BCUT2D eigenvalue weighted by molar-refractivity contribution is 5.77. The van der Waals surface area contributed by atoms with Crippen LogP contribution in [0.5, 0.6) is 0 Å². The molecule has 3 heteroatoms. The highest BCUT2D eigenvalue weighted by atomic mass is 16.1. The van der Waals surface area contributed by atoms with Crippen molar-refractivity contribution in [2.24, 2.45) is 5.41 Å². The Bertz CT molecular complexity index is 701. The smallest absolute Gasteiger partial charge is 0.220 e. The van der Waals surface area contributed by atoms with Gasteiger partial charge in [-0.1, -0.05) is 63.2 Å². The van der Waals surface area contributed by atoms with E-state index in [1.165, 1.54) is 11.1 Å². The summed E-state index contributed by atoms with van der Waals surface area (Å²) >= 11 is 0. The second-order valence-corrected chi connectivity index (χ2v) is 7.42. The van der Waals surface area contributed by atoms with E-state index >= 15 is 0 Å². The molecule has 1 amide bonds. The molecule has 0 fully saturated rings. The van der Waals surface area contributed by atoms with Crippen LogP contribution < -0.4 is 11.1 Å². The molecule has 2 aromatic rings. The van der Waals surface area contributed by atoms with Crippen molar-refractivity contribution in [3.63, 3.8) is 0 Å². The number of nitrogens with one attached hydrogen (secondary N) is 1. The number of nitrogens with two attached hydrogens (primary N) is 1. The van der Waals surface area contributed by atoms with Gasteiger partial charge in [-0.3, -0.25) is 4.79 Å². The largest absolute Gasteiger partial charge is 0.399 e. The molecule has 3 nitrogen and oxygen atoms in total. The summed E-state index contributed by atoms with van der Waals surface area (Å²) in [5, 5.41) is 3.22. The van der Waals surface area contributed by atoms with Gasteiger partial charge in [0.25, 0.3) is 0 Å². The molecule has 0 saturated heterocycles. The fourth-order valence-electron chi connectivity index (χ4n) is 2.91. The molecule has 0 aliphatic rings. The second-order valence-electron chi connectivity index (χ2n) is 7.42. The van der Waals surface area contributed by atoms with Gasteiger partial charge in [0.1, 0.15) is 0 Å². The molecule has 0 aliphatic carbocycles. The van der Waals surface area contributed by atoms with Gasteiger partial charge < -0.3 is 11.1 Å². The van der Waals surface area contributed by atoms with Gasteiger partial charge in [-0.25, -0.2) is 0 Å². The van der Waals surface area contributed by atoms with Crippen molar-refractivity contribution in [2.45, 2.75) is 46.6 Å². The lowest BCUT2D eigenvalue weighted by molar-refractivity contribution is -0.122. The maximum absolute atomic E-state index is 12.5. The average molecular weight is 324 g/mol. The molecule has 1 unspecified atom stereocenters. The first-order chi connectivity index (χ1) is 11.3. The molecule has 0 radical (unpaired) electrons. The van der Waals surface area contributed by atoms with Crippen LogP contribution in [0.25, 0.3) is 0 Å². The Morgan fingerprint density at radius 2 is 1.71 bits per heavy atom. The fourth-order valence-corrected chi connectivity index (χ4v) is 2.91. The Hall–Kier alpha value is -2.29. The lowest BCUT2D eigenvalue weighted by atomic mass is 9.80. The van der Waals surface area contributed by atoms with Gasteiger partial charge in [0, 0.05) is 12.1 Å². The number of hydrogen-bond acceptors (Lipinski definition) is 2. The standard InChI is InChI=1S/C21H28N2O/c1-15-9-5-7-11-17(15)20(21(2,3)4)23-19(24)14-13-16-10-6-8-12-18(16)22/h5-12,20H,13-14,22H2,1-4H3,(H,23,24). The quantitative estimate of drug-likeness (QED) is 0.800. The van der Waals surface area contributed by atoms with Gasteiger partial charge in [0.05, 0.1) is 6.04 Å². The van der Waals surface area contributed by atoms with E-state index in [0.29, 0.717) is 12.8 Å². The summed E-state index contributed by atoms with van der Waals surface area (Å²) in [6.45, 7) is 8.55. The number of benzene rings is 2. The maximum Gasteiger partial charge on any atom is 0.220 e. The Labute approximate surface area is 145 Å². The Morgan fingerprint density at radius 1 is 1.08 bits per heavy atom. The van der Waals surface area contributed by atoms with Crippen LogP contribution in [0.15, 0.2) is 48.5 Å². The van der Waals surface area contributed by atoms with Gasteiger partial charge in [-0.05, 0) is 41.5 Å². The predicted octanol–water partition coefficient (Wildman–Crippen LogP) is 4.41. The third-order valence-electron chi connectivity index (χ3n) is 4.35. The molecule has 3 N–H and O–H groups in total. The van der Waals surface area contributed by atoms with E-state index in [1.807, 2.05) is 36.4 Å². The monoisotopic (exact) mass is 324 g/mol. The summed E-state index contributed by atoms with van der Waals surface area (Å²) in [7, 11) is 0. The number of nitrogen functional groups attached to an aromatic ring is 1. The van der Waals surface area contributed by atoms with E-state index in [2.05, 4.69) is 45.1 Å². The molecule has 0 bridgehead atoms. The zero-order valence-corrected chi connectivity index (χ0v) is 15.1. The third kappa shape index (κ3) is 4.60. The van der Waals surface area contributed by atoms with E-state index in [1.54, 1.807) is 0 Å². The molecular weight excluding hydrogens is 296 g/mol. The third-order valence-corrected chi connectivity index (χ3v) is 4.35. The minimum Gasteiger partial charge on any atom is -0.399 e. The van der Waals surface area contributed by atoms with E-state index in [-0.39, 0.29) is 17.4 Å². The van der Waals surface area contributed by atoms with Crippen molar-refractivity contribution < 1.29 is 4.79 Å². The van der Waals surface area contributed by atoms with Crippen LogP contribution in [0.4, 0.5) is 5.69 Å². The number of rotatable bonds is 5. The van der Waals surface area contributed by atoms with Gasteiger partial charge >= 0.3 is 0 Å². The summed E-state index contributed by atoms with van der Waals surface area (Å²) in [6, 6.07) is 15.9. The fraction of sp³-hybridized carbons (Fsp3) is 0.381. The molecule has 128 valence electrons. The minimum atomic E-state index is -0.0620. The predicted molar refractivity (Wildman–Crippen MR) is 101 cm³/mol. The maximum atomic E-state index is 12.5. The highest BCUT2D eigenvalue weighted by Gasteiger charge is 2.28. The summed E-state index contributed by atoms with van der Waals surface area (Å²) in [5.74, 6) is 0.0569. The average Bonchev–Trinajstić information content (AvgIpc) is 2.52. The molecule has 1 atom stereocenters. The van der Waals surface area contributed by atoms with Crippen LogP contribution in [0.2, 0.25) is 0 Å². The minimum absolute atomic E-state index is 0.0145. The first kappa shape index (κ1) is 18.1. The molecule has 0 saturated carbocycles. The van der Waals surface area contributed by atoms with Crippen molar-refractivity contribution in [1.82, 2.24) is 5.32 Å². The molecule has 0 aliphatic heterocycles. The zero-order chi connectivity index (χ0) is 17.7. The van der Waals surface area contributed by atoms with Crippen LogP contribution in [0.3, 0.4) is 0 Å². The molecule has 24 heavy (non-hydrogen) atoms. The van der Waals surface area contributed by atoms with Crippen LogP contribution in [-0.2, 0) is 11.2 Å². The van der Waals surface area contributed by atoms with Gasteiger partial charge in [0.2, 0.25) is 5.91 Å². The summed E-state index contributed by atoms with van der Waals surface area (Å²) < 4.78 is 0. The van der Waals surface area contributed by atoms with E-state index in [9.17, 15) is 4.79 Å². The topological polar surface area (TPSA) is 55.1 Å². The summed E-state index contributed by atoms with van der Waals surface area (Å²) in [6.07, 6.45) is 1.09. The van der Waals surface area contributed by atoms with Gasteiger partial charge in [0.15, 0.2) is 0 Å². The second kappa shape index (κ2) is 7.52. The molecule has 0 heterocycles. The van der Waals surface area contributed by atoms with Crippen molar-refractivity contribution in [3.05, 3.63) is 65.2 Å². The number of carbonyl (C=O) groups excluding carboxylic acids is 1. The van der Waals surface area contributed by atoms with Crippen molar-refractivity contribution in [1.29, 1.82) is 0 Å². The summed E-state index contributed by atoms with van der Waals surface area (Å²) in [5.41, 5.74) is 10.0. The lowest BCUT2D eigenvalue weighted by Gasteiger charge is -2.33. The van der Waals surface area contributed by atoms with Crippen molar-refractivity contribution in [2.75, 3.05) is 5.73 Å². The Morgan fingerprint density at radius 3 is 2.33 bits per heavy atom. The van der Waals surface area contributed by atoms with E-state index in [0.717, 1.165) is 11.3 Å². The molecular formula is C21H28N2O. The zero-order valence-electron chi connectivity index (χ0n) is 15.1. The lowest BCUT2D eigenvalue weighted by Crippen LogP contribution is -2.37. The first-order valence-corrected chi connectivity index (χ1v) is 8.47. The Balaban J connectivity index is 2.09. The van der Waals surface area contributed by atoms with Gasteiger partial charge in [-0.2, -0.15) is 0 Å². The normalized spacial score (nSPS) is 12.7.